The third kappa shape index (κ3) is 29400. The lowest BCUT2D eigenvalue weighted by Gasteiger charge is -1.79. The van der Waals surface area contributed by atoms with E-state index in [0.29, 0.717) is 0 Å². The van der Waals surface area contributed by atoms with Crippen molar-refractivity contribution in [3.63, 3.8) is 0 Å². The van der Waals surface area contributed by atoms with Crippen LogP contribution in [0.15, 0.2) is 0 Å². The van der Waals surface area contributed by atoms with Gasteiger partial charge in [-0.05, 0) is 5.92 Å². The second-order valence-corrected chi connectivity index (χ2v) is 1.73. The molecule has 0 aromatic carbocycles. The van der Waals surface area contributed by atoms with E-state index >= 15 is 0 Å². The van der Waals surface area contributed by atoms with Gasteiger partial charge >= 0.3 is 0 Å². The highest BCUT2D eigenvalue weighted by Gasteiger charge is 1.68. The lowest BCUT2D eigenvalue weighted by atomic mass is 10.3. The maximum atomic E-state index is 2.17. The van der Waals surface area contributed by atoms with Gasteiger partial charge in [-0.2, -0.15) is 0 Å². The summed E-state index contributed by atoms with van der Waals surface area (Å²) in [4.78, 5) is 0. The van der Waals surface area contributed by atoms with Crippen molar-refractivity contribution >= 4 is 0 Å². The van der Waals surface area contributed by atoms with E-state index in [2.05, 4.69) is 20.8 Å². The normalized spacial score (nSPS) is 5.25. The Hall–Kier alpha value is -0.0700. The summed E-state index contributed by atoms with van der Waals surface area (Å²) >= 11 is 0. The fourth-order valence-corrected chi connectivity index (χ4v) is 0. The van der Waals surface area contributed by atoms with Crippen molar-refractivity contribution in [2.45, 2.75) is 42.0 Å². The van der Waals surface area contributed by atoms with Crippen LogP contribution >= 0.6 is 0 Å². The van der Waals surface area contributed by atoms with Crippen molar-refractivity contribution in [2.75, 3.05) is 0 Å². The molecule has 0 atom stereocenters. The van der Waals surface area contributed by atoms with Gasteiger partial charge in [-0.25, -0.2) is 0 Å². The molecular formula is C7H21F. The van der Waals surface area contributed by atoms with E-state index < -0.39 is 0 Å². The lowest BCUT2D eigenvalue weighted by molar-refractivity contribution is 0.737. The minimum Gasteiger partial charge on any atom is -0.269 e. The minimum atomic E-state index is 0. The summed E-state index contributed by atoms with van der Waals surface area (Å²) in [5, 5.41) is 0. The molecule has 0 radical (unpaired) electrons. The topological polar surface area (TPSA) is 0 Å². The standard InChI is InChI=1S/C4H10.C2H6.CH4.FH/c1-4(2)3;1-2;;/h4H,1-3H3;1-2H3;1H4;1H. The Morgan fingerprint density at radius 1 is 0.875 bits per heavy atom. The van der Waals surface area contributed by atoms with Gasteiger partial charge in [0.2, 0.25) is 0 Å². The number of hydrogen-bond acceptors (Lipinski definition) is 0. The summed E-state index contributed by atoms with van der Waals surface area (Å²) in [6, 6.07) is 0. The van der Waals surface area contributed by atoms with Crippen LogP contribution in [-0.4, -0.2) is 0 Å². The fourth-order valence-electron chi connectivity index (χ4n) is 0. The molecule has 0 aromatic rings. The van der Waals surface area contributed by atoms with Crippen LogP contribution in [0.5, 0.6) is 0 Å². The Morgan fingerprint density at radius 2 is 0.875 bits per heavy atom. The number of rotatable bonds is 0. The quantitative estimate of drug-likeness (QED) is 0.464. The Balaban J connectivity index is -0.0000000183. The highest BCUT2D eigenvalue weighted by atomic mass is 19.0. The third-order valence-corrected chi connectivity index (χ3v) is 0. The molecule has 0 unspecified atom stereocenters. The van der Waals surface area contributed by atoms with Crippen molar-refractivity contribution in [1.29, 1.82) is 0 Å². The van der Waals surface area contributed by atoms with Gasteiger partial charge in [0.1, 0.15) is 0 Å². The Morgan fingerprint density at radius 3 is 0.875 bits per heavy atom. The Labute approximate surface area is 53.7 Å². The van der Waals surface area contributed by atoms with E-state index in [9.17, 15) is 0 Å². The van der Waals surface area contributed by atoms with Gasteiger partial charge in [0, 0.05) is 0 Å². The SMILES string of the molecule is C.CC.CC(C)C.F. The summed E-state index contributed by atoms with van der Waals surface area (Å²) in [7, 11) is 0. The van der Waals surface area contributed by atoms with Gasteiger partial charge in [0.25, 0.3) is 0 Å². The van der Waals surface area contributed by atoms with Crippen molar-refractivity contribution in [3.8, 4) is 0 Å². The molecular weight excluding hydrogens is 103 g/mol. The second-order valence-electron chi connectivity index (χ2n) is 1.73. The summed E-state index contributed by atoms with van der Waals surface area (Å²) in [6.07, 6.45) is 0. The Kier molecular flexibility index (Phi) is 87.5. The van der Waals surface area contributed by atoms with Gasteiger partial charge in [0.05, 0.1) is 0 Å². The van der Waals surface area contributed by atoms with Crippen LogP contribution in [0.3, 0.4) is 0 Å². The molecule has 0 fully saturated rings. The summed E-state index contributed by atoms with van der Waals surface area (Å²) < 4.78 is 0. The first-order valence-electron chi connectivity index (χ1n) is 2.73. The molecule has 0 amide bonds. The van der Waals surface area contributed by atoms with Gasteiger partial charge in [0.15, 0.2) is 0 Å². The first-order chi connectivity index (χ1) is 2.73. The zero-order valence-electron chi connectivity index (χ0n) is 5.99. The number of halogens is 1. The first kappa shape index (κ1) is 24.7. The molecule has 0 N–H and O–H groups in total. The molecule has 0 nitrogen and oxygen atoms in total. The monoisotopic (exact) mass is 124 g/mol. The minimum absolute atomic E-state index is 0. The highest BCUT2D eigenvalue weighted by molar-refractivity contribution is 4.20. The Bertz CT molecular complexity index is 9.10. The molecule has 0 aliphatic rings. The first-order valence-corrected chi connectivity index (χ1v) is 2.73. The largest absolute Gasteiger partial charge is 0.269 e. The molecule has 0 aliphatic heterocycles. The average molecular weight is 124 g/mol. The van der Waals surface area contributed by atoms with E-state index in [1.165, 1.54) is 0 Å². The van der Waals surface area contributed by atoms with Crippen molar-refractivity contribution < 1.29 is 4.70 Å². The maximum absolute atomic E-state index is 2.17. The average Bonchev–Trinajstić information content (AvgIpc) is 1.41. The van der Waals surface area contributed by atoms with E-state index in [1.807, 2.05) is 13.8 Å². The van der Waals surface area contributed by atoms with Crippen LogP contribution in [0.2, 0.25) is 0 Å². The molecule has 0 aromatic heterocycles. The molecule has 0 spiro atoms. The zero-order chi connectivity index (χ0) is 5.58. The molecule has 1 heteroatoms. The molecule has 8 heavy (non-hydrogen) atoms. The van der Waals surface area contributed by atoms with Crippen molar-refractivity contribution in [3.05, 3.63) is 0 Å². The van der Waals surface area contributed by atoms with Crippen LogP contribution in [-0.2, 0) is 0 Å². The van der Waals surface area contributed by atoms with Gasteiger partial charge in [-0.1, -0.05) is 42.0 Å². The van der Waals surface area contributed by atoms with E-state index in [-0.39, 0.29) is 12.1 Å². The fraction of sp³-hybridized carbons (Fsp3) is 1.00. The van der Waals surface area contributed by atoms with Crippen LogP contribution in [0.25, 0.3) is 0 Å². The molecule has 0 saturated carbocycles. The summed E-state index contributed by atoms with van der Waals surface area (Å²) in [5.74, 6) is 0.833. The third-order valence-electron chi connectivity index (χ3n) is 0. The van der Waals surface area contributed by atoms with Gasteiger partial charge < -0.3 is 0 Å². The molecule has 0 bridgehead atoms. The zero-order valence-corrected chi connectivity index (χ0v) is 5.99. The van der Waals surface area contributed by atoms with E-state index in [1.54, 1.807) is 0 Å². The smallest absolute Gasteiger partial charge is 0.0500 e. The summed E-state index contributed by atoms with van der Waals surface area (Å²) in [5.41, 5.74) is 0. The lowest BCUT2D eigenvalue weighted by Crippen LogP contribution is -1.66. The predicted molar refractivity (Wildman–Crippen MR) is 41.1 cm³/mol. The summed E-state index contributed by atoms with van der Waals surface area (Å²) in [6.45, 7) is 10.5. The van der Waals surface area contributed by atoms with Crippen LogP contribution < -0.4 is 0 Å². The van der Waals surface area contributed by atoms with E-state index in [4.69, 9.17) is 0 Å². The van der Waals surface area contributed by atoms with E-state index in [0.717, 1.165) is 5.92 Å². The predicted octanol–water partition coefficient (Wildman–Crippen LogP) is 3.48. The highest BCUT2D eigenvalue weighted by Crippen LogP contribution is 1.81. The molecule has 0 rings (SSSR count). The molecule has 0 aliphatic carbocycles. The maximum Gasteiger partial charge on any atom is -0.0500 e. The molecule has 0 saturated heterocycles. The van der Waals surface area contributed by atoms with Crippen LogP contribution in [0.1, 0.15) is 42.0 Å². The van der Waals surface area contributed by atoms with Crippen LogP contribution in [0, 0.1) is 5.92 Å². The molecule has 0 heterocycles. The van der Waals surface area contributed by atoms with Gasteiger partial charge in [-0.3, -0.25) is 4.70 Å². The van der Waals surface area contributed by atoms with Crippen LogP contribution in [0.4, 0.5) is 4.70 Å². The molecule has 56 valence electrons. The van der Waals surface area contributed by atoms with Gasteiger partial charge in [-0.15, -0.1) is 0 Å². The van der Waals surface area contributed by atoms with Crippen molar-refractivity contribution in [1.82, 2.24) is 0 Å². The van der Waals surface area contributed by atoms with Crippen molar-refractivity contribution in [2.24, 2.45) is 5.92 Å². The second kappa shape index (κ2) is 28.4. The number of hydrogen-bond donors (Lipinski definition) is 0.